The van der Waals surface area contributed by atoms with Gasteiger partial charge in [0.25, 0.3) is 0 Å². The molecule has 1 unspecified atom stereocenters. The third-order valence-electron chi connectivity index (χ3n) is 4.56. The first-order valence-corrected chi connectivity index (χ1v) is 8.57. The first kappa shape index (κ1) is 15.1. The van der Waals surface area contributed by atoms with Gasteiger partial charge >= 0.3 is 0 Å². The molecular weight excluding hydrogens is 300 g/mol. The number of aromatic nitrogens is 2. The molecule has 0 aliphatic carbocycles. The minimum Gasteiger partial charge on any atom is -0.459 e. The Kier molecular flexibility index (Phi) is 4.17. The quantitative estimate of drug-likeness (QED) is 0.776. The van der Waals surface area contributed by atoms with Crippen LogP contribution in [0.2, 0.25) is 0 Å². The van der Waals surface area contributed by atoms with Crippen LogP contribution in [0.1, 0.15) is 37.1 Å². The molecule has 24 heavy (non-hydrogen) atoms. The molecule has 4 rings (SSSR count). The molecule has 2 aromatic heterocycles. The van der Waals surface area contributed by atoms with Crippen LogP contribution >= 0.6 is 0 Å². The van der Waals surface area contributed by atoms with Crippen LogP contribution in [-0.4, -0.2) is 23.1 Å². The van der Waals surface area contributed by atoms with Crippen LogP contribution in [0.3, 0.4) is 0 Å². The third-order valence-corrected chi connectivity index (χ3v) is 4.56. The van der Waals surface area contributed by atoms with E-state index >= 15 is 0 Å². The van der Waals surface area contributed by atoms with Gasteiger partial charge in [-0.25, -0.2) is 9.97 Å². The standard InChI is InChI=1S/C19H22N4O/c1-14(18-10-16-6-2-3-7-17(16)24-18)20-11-15-12-21-19(22-13-15)23-8-4-5-9-23/h2-3,6-7,10,12-14,20H,4-5,8-9,11H2,1H3. The SMILES string of the molecule is CC(NCc1cnc(N2CCCC2)nc1)c1cc2ccccc2o1. The smallest absolute Gasteiger partial charge is 0.225 e. The topological polar surface area (TPSA) is 54.2 Å². The molecule has 1 aliphatic rings. The van der Waals surface area contributed by atoms with E-state index < -0.39 is 0 Å². The summed E-state index contributed by atoms with van der Waals surface area (Å²) in [7, 11) is 0. The first-order valence-electron chi connectivity index (χ1n) is 8.57. The summed E-state index contributed by atoms with van der Waals surface area (Å²) in [4.78, 5) is 11.2. The normalized spacial score (nSPS) is 16.0. The zero-order chi connectivity index (χ0) is 16.4. The largest absolute Gasteiger partial charge is 0.459 e. The molecule has 0 saturated carbocycles. The lowest BCUT2D eigenvalue weighted by atomic mass is 10.2. The average Bonchev–Trinajstić information content (AvgIpc) is 3.29. The van der Waals surface area contributed by atoms with Crippen molar-refractivity contribution < 1.29 is 4.42 Å². The molecule has 1 fully saturated rings. The van der Waals surface area contributed by atoms with Gasteiger partial charge in [0.2, 0.25) is 5.95 Å². The third kappa shape index (κ3) is 3.12. The number of fused-ring (bicyclic) bond motifs is 1. The molecule has 0 bridgehead atoms. The Labute approximate surface area is 141 Å². The number of rotatable bonds is 5. The molecule has 0 amide bonds. The van der Waals surface area contributed by atoms with E-state index in [9.17, 15) is 0 Å². The second-order valence-corrected chi connectivity index (χ2v) is 6.37. The van der Waals surface area contributed by atoms with Gasteiger partial charge in [0, 0.05) is 43.0 Å². The van der Waals surface area contributed by atoms with Crippen molar-refractivity contribution in [3.05, 3.63) is 54.0 Å². The van der Waals surface area contributed by atoms with Gasteiger partial charge in [-0.15, -0.1) is 0 Å². The van der Waals surface area contributed by atoms with Gasteiger partial charge in [-0.1, -0.05) is 18.2 Å². The summed E-state index contributed by atoms with van der Waals surface area (Å²) in [5.41, 5.74) is 2.01. The summed E-state index contributed by atoms with van der Waals surface area (Å²) in [5, 5.41) is 4.62. The van der Waals surface area contributed by atoms with Crippen molar-refractivity contribution in [2.75, 3.05) is 18.0 Å². The van der Waals surface area contributed by atoms with Crippen LogP contribution in [0, 0.1) is 0 Å². The lowest BCUT2D eigenvalue weighted by Gasteiger charge is -2.15. The number of hydrogen-bond acceptors (Lipinski definition) is 5. The molecule has 1 atom stereocenters. The molecule has 1 N–H and O–H groups in total. The highest BCUT2D eigenvalue weighted by molar-refractivity contribution is 5.77. The number of benzene rings is 1. The van der Waals surface area contributed by atoms with E-state index in [4.69, 9.17) is 4.42 Å². The fraction of sp³-hybridized carbons (Fsp3) is 0.368. The number of nitrogens with zero attached hydrogens (tertiary/aromatic N) is 3. The van der Waals surface area contributed by atoms with E-state index in [0.29, 0.717) is 0 Å². The van der Waals surface area contributed by atoms with Gasteiger partial charge < -0.3 is 14.6 Å². The van der Waals surface area contributed by atoms with Crippen LogP contribution < -0.4 is 10.2 Å². The summed E-state index contributed by atoms with van der Waals surface area (Å²) < 4.78 is 5.90. The Hall–Kier alpha value is -2.40. The minimum atomic E-state index is 0.135. The van der Waals surface area contributed by atoms with Crippen LogP contribution in [0.25, 0.3) is 11.0 Å². The molecule has 3 aromatic rings. The fourth-order valence-corrected chi connectivity index (χ4v) is 3.11. The van der Waals surface area contributed by atoms with Crippen LogP contribution in [0.5, 0.6) is 0 Å². The molecular formula is C19H22N4O. The number of anilines is 1. The molecule has 0 spiro atoms. The zero-order valence-electron chi connectivity index (χ0n) is 13.9. The maximum absolute atomic E-state index is 5.90. The van der Waals surface area contributed by atoms with Gasteiger partial charge in [-0.2, -0.15) is 0 Å². The maximum atomic E-state index is 5.90. The van der Waals surface area contributed by atoms with Crippen molar-refractivity contribution in [1.82, 2.24) is 15.3 Å². The lowest BCUT2D eigenvalue weighted by Crippen LogP contribution is -2.21. The van der Waals surface area contributed by atoms with Gasteiger partial charge in [0.15, 0.2) is 0 Å². The Morgan fingerprint density at radius 1 is 1.17 bits per heavy atom. The highest BCUT2D eigenvalue weighted by Crippen LogP contribution is 2.23. The highest BCUT2D eigenvalue weighted by atomic mass is 16.3. The molecule has 5 heteroatoms. The lowest BCUT2D eigenvalue weighted by molar-refractivity contribution is 0.450. The molecule has 0 radical (unpaired) electrons. The minimum absolute atomic E-state index is 0.135. The van der Waals surface area contributed by atoms with Crippen molar-refractivity contribution in [1.29, 1.82) is 0 Å². The van der Waals surface area contributed by atoms with Crippen LogP contribution in [0.15, 0.2) is 47.1 Å². The van der Waals surface area contributed by atoms with E-state index in [-0.39, 0.29) is 6.04 Å². The summed E-state index contributed by atoms with van der Waals surface area (Å²) in [6.07, 6.45) is 6.31. The van der Waals surface area contributed by atoms with Crippen molar-refractivity contribution in [3.63, 3.8) is 0 Å². The maximum Gasteiger partial charge on any atom is 0.225 e. The van der Waals surface area contributed by atoms with Crippen molar-refractivity contribution in [2.24, 2.45) is 0 Å². The van der Waals surface area contributed by atoms with Gasteiger partial charge in [-0.3, -0.25) is 0 Å². The highest BCUT2D eigenvalue weighted by Gasteiger charge is 2.15. The predicted octanol–water partition coefficient (Wildman–Crippen LogP) is 3.67. The average molecular weight is 322 g/mol. The second-order valence-electron chi connectivity index (χ2n) is 6.37. The molecule has 1 aromatic carbocycles. The Morgan fingerprint density at radius 3 is 2.67 bits per heavy atom. The van der Waals surface area contributed by atoms with Gasteiger partial charge in [0.1, 0.15) is 11.3 Å². The van der Waals surface area contributed by atoms with Crippen molar-refractivity contribution in [2.45, 2.75) is 32.4 Å². The molecule has 1 saturated heterocycles. The Bertz CT molecular complexity index is 773. The van der Waals surface area contributed by atoms with Crippen molar-refractivity contribution in [3.8, 4) is 0 Å². The molecule has 124 valence electrons. The summed E-state index contributed by atoms with van der Waals surface area (Å²) in [6.45, 7) is 4.97. The predicted molar refractivity (Wildman–Crippen MR) is 94.9 cm³/mol. The summed E-state index contributed by atoms with van der Waals surface area (Å²) in [5.74, 6) is 1.80. The number of para-hydroxylation sites is 1. The number of hydrogen-bond donors (Lipinski definition) is 1. The Balaban J connectivity index is 1.38. The van der Waals surface area contributed by atoms with E-state index in [1.54, 1.807) is 0 Å². The molecule has 5 nitrogen and oxygen atoms in total. The van der Waals surface area contributed by atoms with E-state index in [1.165, 1.54) is 12.8 Å². The second kappa shape index (κ2) is 6.61. The van der Waals surface area contributed by atoms with Crippen LogP contribution in [-0.2, 0) is 6.54 Å². The van der Waals surface area contributed by atoms with E-state index in [1.807, 2.05) is 30.6 Å². The van der Waals surface area contributed by atoms with Crippen LogP contribution in [0.4, 0.5) is 5.95 Å². The number of nitrogens with one attached hydrogen (secondary N) is 1. The van der Waals surface area contributed by atoms with Gasteiger partial charge in [-0.05, 0) is 31.9 Å². The molecule has 3 heterocycles. The first-order chi connectivity index (χ1) is 11.8. The number of furan rings is 1. The van der Waals surface area contributed by atoms with Gasteiger partial charge in [0.05, 0.1) is 6.04 Å². The van der Waals surface area contributed by atoms with Crippen molar-refractivity contribution >= 4 is 16.9 Å². The van der Waals surface area contributed by atoms with E-state index in [2.05, 4.69) is 39.2 Å². The molecule has 1 aliphatic heterocycles. The zero-order valence-corrected chi connectivity index (χ0v) is 13.9. The monoisotopic (exact) mass is 322 g/mol. The Morgan fingerprint density at radius 2 is 1.92 bits per heavy atom. The summed E-state index contributed by atoms with van der Waals surface area (Å²) >= 11 is 0. The van der Waals surface area contributed by atoms with E-state index in [0.717, 1.165) is 47.9 Å². The summed E-state index contributed by atoms with van der Waals surface area (Å²) in [6, 6.07) is 10.3. The fourth-order valence-electron chi connectivity index (χ4n) is 3.11.